The minimum atomic E-state index is -0.372. The van der Waals surface area contributed by atoms with E-state index < -0.39 is 0 Å². The highest BCUT2D eigenvalue weighted by Crippen LogP contribution is 2.45. The number of nitrogens with zero attached hydrogens (tertiary/aromatic N) is 5. The zero-order chi connectivity index (χ0) is 21.3. The van der Waals surface area contributed by atoms with Gasteiger partial charge in [-0.2, -0.15) is 5.10 Å². The van der Waals surface area contributed by atoms with Crippen LogP contribution in [0, 0.1) is 0 Å². The third-order valence-electron chi connectivity index (χ3n) is 6.99. The number of anilines is 2. The normalized spacial score (nSPS) is 20.3. The SMILES string of the molecule is CN(C)c1c(N2CCC3(CCn4nc(-c5cnc6ccccc6c5)cc43)C2)c(=O)c1=O. The summed E-state index contributed by atoms with van der Waals surface area (Å²) < 4.78 is 2.11. The minimum Gasteiger partial charge on any atom is -0.373 e. The van der Waals surface area contributed by atoms with E-state index >= 15 is 0 Å². The predicted octanol–water partition coefficient (Wildman–Crippen LogP) is 2.31. The Hall–Kier alpha value is -3.48. The summed E-state index contributed by atoms with van der Waals surface area (Å²) in [6.45, 7) is 2.40. The summed E-state index contributed by atoms with van der Waals surface area (Å²) in [5.74, 6) is 0. The van der Waals surface area contributed by atoms with Crippen molar-refractivity contribution in [3.8, 4) is 11.3 Å². The highest BCUT2D eigenvalue weighted by Gasteiger charge is 2.47. The van der Waals surface area contributed by atoms with E-state index in [0.29, 0.717) is 11.4 Å². The molecule has 4 aromatic rings. The molecule has 7 heteroatoms. The lowest BCUT2D eigenvalue weighted by molar-refractivity contribution is 0.472. The molecule has 1 unspecified atom stereocenters. The summed E-state index contributed by atoms with van der Waals surface area (Å²) in [6.07, 6.45) is 3.86. The first-order valence-electron chi connectivity index (χ1n) is 10.7. The molecular formula is C24H23N5O2. The fourth-order valence-corrected chi connectivity index (χ4v) is 5.37. The quantitative estimate of drug-likeness (QED) is 0.480. The molecule has 0 amide bonds. The number of hydrogen-bond acceptors (Lipinski definition) is 6. The molecule has 4 heterocycles. The number of pyridine rings is 1. The summed E-state index contributed by atoms with van der Waals surface area (Å²) in [5.41, 5.74) is 4.53. The van der Waals surface area contributed by atoms with Gasteiger partial charge in [0.05, 0.1) is 11.2 Å². The van der Waals surface area contributed by atoms with Crippen LogP contribution in [0.3, 0.4) is 0 Å². The second kappa shape index (κ2) is 6.26. The lowest BCUT2D eigenvalue weighted by Crippen LogP contribution is -2.44. The van der Waals surface area contributed by atoms with Crippen molar-refractivity contribution in [3.63, 3.8) is 0 Å². The van der Waals surface area contributed by atoms with E-state index in [1.165, 1.54) is 5.69 Å². The van der Waals surface area contributed by atoms with Gasteiger partial charge in [-0.15, -0.1) is 0 Å². The fourth-order valence-electron chi connectivity index (χ4n) is 5.37. The van der Waals surface area contributed by atoms with Gasteiger partial charge in [-0.3, -0.25) is 19.3 Å². The molecule has 0 radical (unpaired) electrons. The molecule has 0 saturated carbocycles. The number of benzene rings is 1. The van der Waals surface area contributed by atoms with Crippen LogP contribution in [0.25, 0.3) is 22.2 Å². The number of hydrogen-bond donors (Lipinski definition) is 0. The van der Waals surface area contributed by atoms with Crippen LogP contribution in [-0.4, -0.2) is 41.9 Å². The zero-order valence-electron chi connectivity index (χ0n) is 17.6. The Morgan fingerprint density at radius 3 is 2.68 bits per heavy atom. The standard InChI is InChI=1S/C24H23N5O2/c1-27(2)20-21(23(31)22(20)30)28-9-7-24(14-28)8-10-29-19(24)12-18(26-29)16-11-15-5-3-4-6-17(15)25-13-16/h3-6,11-13H,7-10,14H2,1-2H3. The average Bonchev–Trinajstić information content (AvgIpc) is 3.47. The molecule has 1 fully saturated rings. The smallest absolute Gasteiger partial charge is 0.253 e. The molecule has 2 aromatic carbocycles. The van der Waals surface area contributed by atoms with Gasteiger partial charge in [-0.05, 0) is 31.0 Å². The summed E-state index contributed by atoms with van der Waals surface area (Å²) in [7, 11) is 3.64. The first-order chi connectivity index (χ1) is 15.0. The molecule has 0 N–H and O–H groups in total. The summed E-state index contributed by atoms with van der Waals surface area (Å²) in [5, 5.41) is 5.98. The number of fused-ring (bicyclic) bond motifs is 3. The van der Waals surface area contributed by atoms with Crippen LogP contribution in [0.1, 0.15) is 18.5 Å². The molecule has 1 saturated heterocycles. The Morgan fingerprint density at radius 2 is 1.84 bits per heavy atom. The van der Waals surface area contributed by atoms with E-state index in [0.717, 1.165) is 54.6 Å². The molecule has 31 heavy (non-hydrogen) atoms. The largest absolute Gasteiger partial charge is 0.373 e. The number of para-hydroxylation sites is 1. The van der Waals surface area contributed by atoms with Crippen LogP contribution in [0.2, 0.25) is 0 Å². The van der Waals surface area contributed by atoms with Gasteiger partial charge < -0.3 is 9.80 Å². The third kappa shape index (κ3) is 2.52. The molecule has 7 nitrogen and oxygen atoms in total. The van der Waals surface area contributed by atoms with Crippen molar-refractivity contribution in [1.29, 1.82) is 0 Å². The van der Waals surface area contributed by atoms with Gasteiger partial charge >= 0.3 is 0 Å². The van der Waals surface area contributed by atoms with Gasteiger partial charge in [-0.25, -0.2) is 0 Å². The first-order valence-corrected chi connectivity index (χ1v) is 10.7. The van der Waals surface area contributed by atoms with Crippen LogP contribution in [-0.2, 0) is 12.0 Å². The van der Waals surface area contributed by atoms with E-state index in [9.17, 15) is 9.59 Å². The van der Waals surface area contributed by atoms with Crippen LogP contribution < -0.4 is 20.7 Å². The zero-order valence-corrected chi connectivity index (χ0v) is 17.6. The van der Waals surface area contributed by atoms with Crippen LogP contribution in [0.5, 0.6) is 0 Å². The molecule has 156 valence electrons. The first kappa shape index (κ1) is 18.3. The Kier molecular flexibility index (Phi) is 3.70. The van der Waals surface area contributed by atoms with Gasteiger partial charge in [0, 0.05) is 62.0 Å². The van der Waals surface area contributed by atoms with Crippen LogP contribution in [0.15, 0.2) is 52.2 Å². The van der Waals surface area contributed by atoms with Crippen molar-refractivity contribution < 1.29 is 0 Å². The summed E-state index contributed by atoms with van der Waals surface area (Å²) >= 11 is 0. The van der Waals surface area contributed by atoms with E-state index in [4.69, 9.17) is 5.10 Å². The van der Waals surface area contributed by atoms with E-state index in [2.05, 4.69) is 32.8 Å². The van der Waals surface area contributed by atoms with Crippen LogP contribution >= 0.6 is 0 Å². The average molecular weight is 413 g/mol. The maximum Gasteiger partial charge on any atom is 0.253 e. The van der Waals surface area contributed by atoms with Gasteiger partial charge in [0.15, 0.2) is 0 Å². The molecule has 2 aliphatic heterocycles. The Balaban J connectivity index is 1.34. The van der Waals surface area contributed by atoms with Gasteiger partial charge in [0.1, 0.15) is 11.4 Å². The Bertz CT molecular complexity index is 1410. The molecule has 0 bridgehead atoms. The maximum atomic E-state index is 12.3. The lowest BCUT2D eigenvalue weighted by Gasteiger charge is -2.28. The molecule has 6 rings (SSSR count). The predicted molar refractivity (Wildman–Crippen MR) is 122 cm³/mol. The topological polar surface area (TPSA) is 71.3 Å². The third-order valence-corrected chi connectivity index (χ3v) is 6.99. The highest BCUT2D eigenvalue weighted by atomic mass is 16.2. The molecule has 0 aliphatic carbocycles. The maximum absolute atomic E-state index is 12.3. The van der Waals surface area contributed by atoms with E-state index in [-0.39, 0.29) is 16.3 Å². The molecular weight excluding hydrogens is 390 g/mol. The Morgan fingerprint density at radius 1 is 1.03 bits per heavy atom. The van der Waals surface area contributed by atoms with Crippen molar-refractivity contribution in [2.75, 3.05) is 37.0 Å². The Labute approximate surface area is 179 Å². The number of rotatable bonds is 3. The van der Waals surface area contributed by atoms with Gasteiger partial charge in [0.2, 0.25) is 0 Å². The van der Waals surface area contributed by atoms with Gasteiger partial charge in [0.25, 0.3) is 10.9 Å². The van der Waals surface area contributed by atoms with Crippen molar-refractivity contribution in [2.24, 2.45) is 0 Å². The second-order valence-electron chi connectivity index (χ2n) is 9.01. The molecule has 2 aromatic heterocycles. The monoisotopic (exact) mass is 413 g/mol. The number of aryl methyl sites for hydroxylation is 1. The van der Waals surface area contributed by atoms with Crippen molar-refractivity contribution in [2.45, 2.75) is 24.8 Å². The summed E-state index contributed by atoms with van der Waals surface area (Å²) in [6, 6.07) is 12.4. The van der Waals surface area contributed by atoms with E-state index in [1.54, 1.807) is 4.90 Å². The lowest BCUT2D eigenvalue weighted by atomic mass is 9.82. The molecule has 1 atom stereocenters. The van der Waals surface area contributed by atoms with Crippen molar-refractivity contribution in [1.82, 2.24) is 14.8 Å². The summed E-state index contributed by atoms with van der Waals surface area (Å²) in [4.78, 5) is 32.8. The van der Waals surface area contributed by atoms with Crippen LogP contribution in [0.4, 0.5) is 11.4 Å². The van der Waals surface area contributed by atoms with Gasteiger partial charge in [-0.1, -0.05) is 18.2 Å². The van der Waals surface area contributed by atoms with Crippen molar-refractivity contribution >= 4 is 22.3 Å². The fraction of sp³-hybridized carbons (Fsp3) is 0.333. The number of aromatic nitrogens is 3. The molecule has 1 spiro atoms. The minimum absolute atomic E-state index is 0.0289. The van der Waals surface area contributed by atoms with Crippen molar-refractivity contribution in [3.05, 3.63) is 68.7 Å². The van der Waals surface area contributed by atoms with E-state index in [1.807, 2.05) is 38.5 Å². The molecule has 2 aliphatic rings. The highest BCUT2D eigenvalue weighted by molar-refractivity contribution is 5.83. The second-order valence-corrected chi connectivity index (χ2v) is 9.01.